The number of hydrogen-bond acceptors (Lipinski definition) is 5. The highest BCUT2D eigenvalue weighted by molar-refractivity contribution is 7.13. The van der Waals surface area contributed by atoms with Gasteiger partial charge in [0.1, 0.15) is 0 Å². The molecule has 6 heteroatoms. The summed E-state index contributed by atoms with van der Waals surface area (Å²) in [4.78, 5) is 20.4. The third-order valence-electron chi connectivity index (χ3n) is 5.55. The fourth-order valence-corrected chi connectivity index (χ4v) is 4.50. The van der Waals surface area contributed by atoms with Gasteiger partial charge in [0.05, 0.1) is 10.8 Å². The van der Waals surface area contributed by atoms with E-state index in [-0.39, 0.29) is 17.7 Å². The van der Waals surface area contributed by atoms with Gasteiger partial charge in [-0.15, -0.1) is 11.3 Å². The van der Waals surface area contributed by atoms with E-state index in [1.54, 1.807) is 11.3 Å². The Hall–Kier alpha value is -3.25. The highest BCUT2D eigenvalue weighted by Gasteiger charge is 2.36. The number of nitrogens with zero attached hydrogens (tertiary/aromatic N) is 3. The minimum Gasteiger partial charge on any atom is -0.341 e. The van der Waals surface area contributed by atoms with Gasteiger partial charge >= 0.3 is 0 Å². The van der Waals surface area contributed by atoms with Crippen molar-refractivity contribution in [3.05, 3.63) is 95.2 Å². The van der Waals surface area contributed by atoms with Crippen LogP contribution >= 0.6 is 11.3 Å². The SMILES string of the molecule is O=C(CC(c1ccccc1)c1ccccc1)N1CC(c2nc(-c3cccs3)no2)C1. The molecule has 5 rings (SSSR count). The number of carbonyl (C=O) groups is 1. The van der Waals surface area contributed by atoms with Crippen molar-refractivity contribution >= 4 is 17.2 Å². The van der Waals surface area contributed by atoms with Gasteiger partial charge < -0.3 is 9.42 Å². The van der Waals surface area contributed by atoms with Gasteiger partial charge in [-0.2, -0.15) is 4.98 Å². The van der Waals surface area contributed by atoms with Gasteiger partial charge in [-0.3, -0.25) is 4.79 Å². The molecule has 0 N–H and O–H groups in total. The Morgan fingerprint density at radius 2 is 1.67 bits per heavy atom. The van der Waals surface area contributed by atoms with Crippen molar-refractivity contribution in [1.82, 2.24) is 15.0 Å². The number of benzene rings is 2. The van der Waals surface area contributed by atoms with Gasteiger partial charge in [0.2, 0.25) is 17.6 Å². The first kappa shape index (κ1) is 18.8. The zero-order valence-corrected chi connectivity index (χ0v) is 17.2. The van der Waals surface area contributed by atoms with Crippen molar-refractivity contribution in [3.63, 3.8) is 0 Å². The average molecular weight is 416 g/mol. The third-order valence-corrected chi connectivity index (χ3v) is 6.42. The normalized spacial score (nSPS) is 14.1. The van der Waals surface area contributed by atoms with Crippen LogP contribution in [0.5, 0.6) is 0 Å². The number of hydrogen-bond donors (Lipinski definition) is 0. The highest BCUT2D eigenvalue weighted by Crippen LogP contribution is 2.33. The highest BCUT2D eigenvalue weighted by atomic mass is 32.1. The predicted octanol–water partition coefficient (Wildman–Crippen LogP) is 4.95. The molecule has 1 aliphatic heterocycles. The first-order chi connectivity index (χ1) is 14.8. The van der Waals surface area contributed by atoms with Crippen LogP contribution in [0.4, 0.5) is 0 Å². The molecule has 5 nitrogen and oxygen atoms in total. The monoisotopic (exact) mass is 415 g/mol. The molecule has 0 bridgehead atoms. The number of rotatable bonds is 6. The maximum Gasteiger partial charge on any atom is 0.233 e. The molecule has 1 fully saturated rings. The van der Waals surface area contributed by atoms with Gasteiger partial charge in [-0.25, -0.2) is 0 Å². The van der Waals surface area contributed by atoms with Crippen molar-refractivity contribution in [3.8, 4) is 10.7 Å². The van der Waals surface area contributed by atoms with Crippen LogP contribution in [0.1, 0.15) is 35.3 Å². The molecule has 4 aromatic rings. The molecule has 0 unspecified atom stereocenters. The standard InChI is InChI=1S/C24H21N3O2S/c28-22(14-20(17-8-3-1-4-9-17)18-10-5-2-6-11-18)27-15-19(16-27)24-25-23(26-29-24)21-12-7-13-30-21/h1-13,19-20H,14-16H2. The van der Waals surface area contributed by atoms with Gasteiger partial charge in [0, 0.05) is 25.4 Å². The van der Waals surface area contributed by atoms with E-state index in [0.29, 0.717) is 31.2 Å². The van der Waals surface area contributed by atoms with Crippen molar-refractivity contribution in [2.75, 3.05) is 13.1 Å². The molecule has 0 spiro atoms. The van der Waals surface area contributed by atoms with Crippen LogP contribution in [0, 0.1) is 0 Å². The lowest BCUT2D eigenvalue weighted by molar-refractivity contribution is -0.136. The zero-order valence-electron chi connectivity index (χ0n) is 16.3. The first-order valence-corrected chi connectivity index (χ1v) is 10.9. The van der Waals surface area contributed by atoms with Crippen LogP contribution in [-0.4, -0.2) is 34.0 Å². The lowest BCUT2D eigenvalue weighted by Crippen LogP contribution is -2.48. The zero-order chi connectivity index (χ0) is 20.3. The fraction of sp³-hybridized carbons (Fsp3) is 0.208. The fourth-order valence-electron chi connectivity index (χ4n) is 3.85. The quantitative estimate of drug-likeness (QED) is 0.447. The Bertz CT molecular complexity index is 1060. The van der Waals surface area contributed by atoms with Gasteiger partial charge in [0.15, 0.2) is 0 Å². The molecule has 3 heterocycles. The summed E-state index contributed by atoms with van der Waals surface area (Å²) in [7, 11) is 0. The van der Waals surface area contributed by atoms with E-state index in [1.807, 2.05) is 58.8 Å². The van der Waals surface area contributed by atoms with Crippen LogP contribution < -0.4 is 0 Å². The molecule has 1 amide bonds. The molecular formula is C24H21N3O2S. The smallest absolute Gasteiger partial charge is 0.233 e. The van der Waals surface area contributed by atoms with E-state index in [4.69, 9.17) is 4.52 Å². The Morgan fingerprint density at radius 1 is 1.00 bits per heavy atom. The number of thiophene rings is 1. The van der Waals surface area contributed by atoms with E-state index in [0.717, 1.165) is 16.0 Å². The van der Waals surface area contributed by atoms with Crippen LogP contribution in [-0.2, 0) is 4.79 Å². The molecule has 1 aliphatic rings. The van der Waals surface area contributed by atoms with Crippen LogP contribution in [0.3, 0.4) is 0 Å². The number of aromatic nitrogens is 2. The second-order valence-electron chi connectivity index (χ2n) is 7.51. The molecular weight excluding hydrogens is 394 g/mol. The molecule has 150 valence electrons. The van der Waals surface area contributed by atoms with Crippen LogP contribution in [0.15, 0.2) is 82.7 Å². The van der Waals surface area contributed by atoms with Crippen LogP contribution in [0.2, 0.25) is 0 Å². The van der Waals surface area contributed by atoms with E-state index in [2.05, 4.69) is 34.4 Å². The van der Waals surface area contributed by atoms with Crippen molar-refractivity contribution in [1.29, 1.82) is 0 Å². The lowest BCUT2D eigenvalue weighted by Gasteiger charge is -2.38. The van der Waals surface area contributed by atoms with Gasteiger partial charge in [-0.05, 0) is 22.6 Å². The molecule has 30 heavy (non-hydrogen) atoms. The van der Waals surface area contributed by atoms with Crippen molar-refractivity contribution in [2.45, 2.75) is 18.3 Å². The third kappa shape index (κ3) is 3.78. The number of likely N-dealkylation sites (tertiary alicyclic amines) is 1. The maximum atomic E-state index is 13.0. The topological polar surface area (TPSA) is 59.2 Å². The largest absolute Gasteiger partial charge is 0.341 e. The lowest BCUT2D eigenvalue weighted by atomic mass is 9.87. The number of amides is 1. The van der Waals surface area contributed by atoms with E-state index >= 15 is 0 Å². The van der Waals surface area contributed by atoms with Gasteiger partial charge in [-0.1, -0.05) is 71.9 Å². The Labute approximate surface area is 179 Å². The molecule has 0 aliphatic carbocycles. The Morgan fingerprint density at radius 3 is 2.27 bits per heavy atom. The molecule has 0 saturated carbocycles. The average Bonchev–Trinajstić information content (AvgIpc) is 3.44. The second kappa shape index (κ2) is 8.24. The minimum atomic E-state index is 0.0489. The summed E-state index contributed by atoms with van der Waals surface area (Å²) in [5.74, 6) is 1.56. The summed E-state index contributed by atoms with van der Waals surface area (Å²) in [6.07, 6.45) is 0.449. The number of carbonyl (C=O) groups excluding carboxylic acids is 1. The summed E-state index contributed by atoms with van der Waals surface area (Å²) in [6, 6.07) is 24.4. The molecule has 1 saturated heterocycles. The molecule has 0 radical (unpaired) electrons. The summed E-state index contributed by atoms with van der Waals surface area (Å²) in [5.41, 5.74) is 2.32. The van der Waals surface area contributed by atoms with E-state index in [9.17, 15) is 4.79 Å². The summed E-state index contributed by atoms with van der Waals surface area (Å²) in [5, 5.41) is 6.07. The predicted molar refractivity (Wildman–Crippen MR) is 116 cm³/mol. The Balaban J connectivity index is 1.25. The van der Waals surface area contributed by atoms with Crippen molar-refractivity contribution in [2.24, 2.45) is 0 Å². The summed E-state index contributed by atoms with van der Waals surface area (Å²) in [6.45, 7) is 1.25. The van der Waals surface area contributed by atoms with E-state index in [1.165, 1.54) is 0 Å². The van der Waals surface area contributed by atoms with E-state index < -0.39 is 0 Å². The van der Waals surface area contributed by atoms with Crippen molar-refractivity contribution < 1.29 is 9.32 Å². The summed E-state index contributed by atoms with van der Waals surface area (Å²) >= 11 is 1.59. The second-order valence-corrected chi connectivity index (χ2v) is 8.45. The molecule has 2 aromatic heterocycles. The first-order valence-electron chi connectivity index (χ1n) is 10.0. The summed E-state index contributed by atoms with van der Waals surface area (Å²) < 4.78 is 5.45. The maximum absolute atomic E-state index is 13.0. The molecule has 2 aromatic carbocycles. The molecule has 0 atom stereocenters. The minimum absolute atomic E-state index is 0.0489. The Kier molecular flexibility index (Phi) is 5.15. The van der Waals surface area contributed by atoms with Gasteiger partial charge in [0.25, 0.3) is 0 Å². The van der Waals surface area contributed by atoms with Crippen LogP contribution in [0.25, 0.3) is 10.7 Å².